The second-order valence-electron chi connectivity index (χ2n) is 7.30. The summed E-state index contributed by atoms with van der Waals surface area (Å²) in [4.78, 5) is 37.9. The number of ether oxygens (including phenoxy) is 1. The number of benzene rings is 1. The molecule has 1 heterocycles. The van der Waals surface area contributed by atoms with Gasteiger partial charge in [0.2, 0.25) is 0 Å². The van der Waals surface area contributed by atoms with E-state index in [1.807, 2.05) is 0 Å². The van der Waals surface area contributed by atoms with Crippen LogP contribution in [0.2, 0.25) is 0 Å². The average molecular weight is 369 g/mol. The maximum atomic E-state index is 13.9. The molecular weight excluding hydrogens is 348 g/mol. The minimum Gasteiger partial charge on any atom is -0.479 e. The largest absolute Gasteiger partial charge is 0.479 e. The first-order chi connectivity index (χ1) is 12.0. The number of aliphatic carboxylic acids is 1. The molecule has 0 bridgehead atoms. The highest BCUT2D eigenvalue weighted by Crippen LogP contribution is 2.35. The molecule has 8 heteroatoms. The van der Waals surface area contributed by atoms with Gasteiger partial charge in [0, 0.05) is 19.0 Å². The minimum absolute atomic E-state index is 0.0378. The first-order valence-electron chi connectivity index (χ1n) is 8.18. The number of ketones is 1. The van der Waals surface area contributed by atoms with Crippen LogP contribution in [0.5, 0.6) is 0 Å². The molecule has 0 unspecified atom stereocenters. The second kappa shape index (κ2) is 7.01. The van der Waals surface area contributed by atoms with Gasteiger partial charge in [0.25, 0.3) is 0 Å². The summed E-state index contributed by atoms with van der Waals surface area (Å²) in [6.45, 7) is 5.04. The molecule has 1 amide bonds. The fourth-order valence-electron chi connectivity index (χ4n) is 3.02. The number of carboxylic acids is 1. The van der Waals surface area contributed by atoms with Crippen LogP contribution in [0.25, 0.3) is 0 Å². The fraction of sp³-hybridized carbons (Fsp3) is 0.500. The van der Waals surface area contributed by atoms with E-state index in [4.69, 9.17) is 4.74 Å². The molecule has 1 atom stereocenters. The van der Waals surface area contributed by atoms with E-state index in [2.05, 4.69) is 0 Å². The molecule has 1 aromatic rings. The summed E-state index contributed by atoms with van der Waals surface area (Å²) < 4.78 is 32.1. The van der Waals surface area contributed by atoms with Crippen molar-refractivity contribution >= 4 is 17.8 Å². The fourth-order valence-corrected chi connectivity index (χ4v) is 3.02. The highest BCUT2D eigenvalue weighted by atomic mass is 19.1. The van der Waals surface area contributed by atoms with Gasteiger partial charge < -0.3 is 9.84 Å². The number of likely N-dealkylation sites (tertiary alicyclic amines) is 1. The number of halogens is 2. The lowest BCUT2D eigenvalue weighted by molar-refractivity contribution is -0.149. The molecule has 142 valence electrons. The third-order valence-corrected chi connectivity index (χ3v) is 4.19. The van der Waals surface area contributed by atoms with Crippen molar-refractivity contribution in [2.75, 3.05) is 6.54 Å². The van der Waals surface area contributed by atoms with E-state index >= 15 is 0 Å². The minimum atomic E-state index is -1.82. The van der Waals surface area contributed by atoms with Gasteiger partial charge in [-0.15, -0.1) is 0 Å². The molecule has 1 aliphatic rings. The van der Waals surface area contributed by atoms with Crippen LogP contribution < -0.4 is 0 Å². The lowest BCUT2D eigenvalue weighted by Crippen LogP contribution is -2.55. The normalized spacial score (nSPS) is 20.1. The average Bonchev–Trinajstić information content (AvgIpc) is 2.90. The highest BCUT2D eigenvalue weighted by molar-refractivity contribution is 6.01. The Morgan fingerprint density at radius 2 is 1.92 bits per heavy atom. The van der Waals surface area contributed by atoms with E-state index < -0.39 is 52.6 Å². The molecule has 1 fully saturated rings. The summed E-state index contributed by atoms with van der Waals surface area (Å²) in [7, 11) is 0. The van der Waals surface area contributed by atoms with E-state index in [0.717, 1.165) is 17.0 Å². The number of nitrogens with zero attached hydrogens (tertiary/aromatic N) is 1. The molecule has 26 heavy (non-hydrogen) atoms. The van der Waals surface area contributed by atoms with E-state index in [1.165, 1.54) is 0 Å². The van der Waals surface area contributed by atoms with Gasteiger partial charge in [0.15, 0.2) is 11.3 Å². The molecule has 6 nitrogen and oxygen atoms in total. The predicted molar refractivity (Wildman–Crippen MR) is 87.8 cm³/mol. The Hall–Kier alpha value is -2.51. The van der Waals surface area contributed by atoms with Crippen molar-refractivity contribution in [2.24, 2.45) is 0 Å². The Morgan fingerprint density at radius 3 is 2.46 bits per heavy atom. The molecule has 1 N–H and O–H groups in total. The van der Waals surface area contributed by atoms with Crippen LogP contribution in [0.1, 0.15) is 50.4 Å². The summed E-state index contributed by atoms with van der Waals surface area (Å²) in [6, 6.07) is 2.44. The van der Waals surface area contributed by atoms with Crippen molar-refractivity contribution in [3.63, 3.8) is 0 Å². The van der Waals surface area contributed by atoms with Crippen molar-refractivity contribution in [1.82, 2.24) is 4.90 Å². The van der Waals surface area contributed by atoms with Gasteiger partial charge in [-0.25, -0.2) is 18.4 Å². The van der Waals surface area contributed by atoms with Crippen molar-refractivity contribution in [1.29, 1.82) is 0 Å². The number of hydrogen-bond donors (Lipinski definition) is 1. The zero-order valence-corrected chi connectivity index (χ0v) is 14.8. The van der Waals surface area contributed by atoms with E-state index in [9.17, 15) is 28.3 Å². The predicted octanol–water partition coefficient (Wildman–Crippen LogP) is 3.39. The third-order valence-electron chi connectivity index (χ3n) is 4.19. The summed E-state index contributed by atoms with van der Waals surface area (Å²) in [5.41, 5.74) is -3.07. The van der Waals surface area contributed by atoms with Gasteiger partial charge in [-0.2, -0.15) is 0 Å². The van der Waals surface area contributed by atoms with Crippen LogP contribution >= 0.6 is 0 Å². The number of hydrogen-bond acceptors (Lipinski definition) is 4. The van der Waals surface area contributed by atoms with Crippen LogP contribution in [0.4, 0.5) is 13.6 Å². The van der Waals surface area contributed by atoms with E-state index in [1.54, 1.807) is 20.8 Å². The SMILES string of the molecule is CC(C)(C)OC(=O)N1CCC[C@]1(CC(=O)c1ccc(F)cc1F)C(=O)O. The molecule has 1 aliphatic heterocycles. The van der Waals surface area contributed by atoms with Crippen LogP contribution in [0.15, 0.2) is 18.2 Å². The molecule has 2 rings (SSSR count). The number of rotatable bonds is 4. The Bertz CT molecular complexity index is 744. The number of carbonyl (C=O) groups excluding carboxylic acids is 2. The number of carboxylic acid groups (broad SMARTS) is 1. The van der Waals surface area contributed by atoms with Crippen molar-refractivity contribution in [3.05, 3.63) is 35.4 Å². The van der Waals surface area contributed by atoms with Crippen LogP contribution in [0, 0.1) is 11.6 Å². The maximum Gasteiger partial charge on any atom is 0.411 e. The quantitative estimate of drug-likeness (QED) is 0.823. The Labute approximate surface area is 149 Å². The molecule has 1 saturated heterocycles. The Kier molecular flexibility index (Phi) is 5.34. The van der Waals surface area contributed by atoms with Gasteiger partial charge in [-0.3, -0.25) is 9.69 Å². The zero-order valence-electron chi connectivity index (χ0n) is 14.8. The zero-order chi connectivity index (χ0) is 19.7. The van der Waals surface area contributed by atoms with Crippen molar-refractivity contribution in [3.8, 4) is 0 Å². The molecule has 0 saturated carbocycles. The van der Waals surface area contributed by atoms with Gasteiger partial charge >= 0.3 is 12.1 Å². The van der Waals surface area contributed by atoms with Gasteiger partial charge in [0.1, 0.15) is 17.2 Å². The Balaban J connectivity index is 2.32. The molecule has 0 aliphatic carbocycles. The number of amides is 1. The summed E-state index contributed by atoms with van der Waals surface area (Å²) in [5.74, 6) is -4.10. The van der Waals surface area contributed by atoms with Crippen LogP contribution in [-0.2, 0) is 9.53 Å². The smallest absolute Gasteiger partial charge is 0.411 e. The monoisotopic (exact) mass is 369 g/mol. The van der Waals surface area contributed by atoms with Crippen LogP contribution in [0.3, 0.4) is 0 Å². The summed E-state index contributed by atoms with van der Waals surface area (Å²) in [6.07, 6.45) is -1.06. The molecule has 0 spiro atoms. The van der Waals surface area contributed by atoms with E-state index in [-0.39, 0.29) is 13.0 Å². The van der Waals surface area contributed by atoms with Crippen molar-refractivity contribution < 1.29 is 33.0 Å². The lowest BCUT2D eigenvalue weighted by Gasteiger charge is -2.35. The standard InChI is InChI=1S/C18H21F2NO5/c1-17(2,3)26-16(25)21-8-4-7-18(21,15(23)24)10-14(22)12-6-5-11(19)9-13(12)20/h5-6,9H,4,7-8,10H2,1-3H3,(H,23,24)/t18-/m0/s1. The van der Waals surface area contributed by atoms with Gasteiger partial charge in [0.05, 0.1) is 5.56 Å². The molecule has 0 radical (unpaired) electrons. The summed E-state index contributed by atoms with van der Waals surface area (Å²) >= 11 is 0. The second-order valence-corrected chi connectivity index (χ2v) is 7.30. The first kappa shape index (κ1) is 19.8. The number of Topliss-reactive ketones (excluding diaryl/α,β-unsaturated/α-hetero) is 1. The van der Waals surface area contributed by atoms with Crippen LogP contribution in [-0.4, -0.2) is 45.5 Å². The van der Waals surface area contributed by atoms with E-state index in [0.29, 0.717) is 12.5 Å². The van der Waals surface area contributed by atoms with Crippen molar-refractivity contribution in [2.45, 2.75) is 51.2 Å². The summed E-state index contributed by atoms with van der Waals surface area (Å²) in [5, 5.41) is 9.74. The molecule has 1 aromatic carbocycles. The first-order valence-corrected chi connectivity index (χ1v) is 8.18. The third kappa shape index (κ3) is 4.00. The van der Waals surface area contributed by atoms with Gasteiger partial charge in [-0.1, -0.05) is 0 Å². The Morgan fingerprint density at radius 1 is 1.27 bits per heavy atom. The molecule has 0 aromatic heterocycles. The number of carbonyl (C=O) groups is 3. The lowest BCUT2D eigenvalue weighted by atomic mass is 9.87. The molecular formula is C18H21F2NO5. The topological polar surface area (TPSA) is 83.9 Å². The van der Waals surface area contributed by atoms with Gasteiger partial charge in [-0.05, 0) is 45.7 Å². The highest BCUT2D eigenvalue weighted by Gasteiger charge is 2.52. The maximum absolute atomic E-state index is 13.9.